The van der Waals surface area contributed by atoms with Crippen molar-refractivity contribution in [3.05, 3.63) is 30.6 Å². The number of rotatable bonds is 4. The molecule has 0 spiro atoms. The fraction of sp³-hybridized carbons (Fsp3) is 0.250. The molecule has 1 aromatic heterocycles. The summed E-state index contributed by atoms with van der Waals surface area (Å²) in [6.07, 6.45) is 1.66. The summed E-state index contributed by atoms with van der Waals surface area (Å²) in [6.45, 7) is 1.89. The number of nitrogens with one attached hydrogen (secondary N) is 1. The fourth-order valence-corrected chi connectivity index (χ4v) is 1.54. The second-order valence-corrected chi connectivity index (χ2v) is 3.90. The lowest BCUT2D eigenvalue weighted by atomic mass is 10.2. The van der Waals surface area contributed by atoms with Gasteiger partial charge in [0.2, 0.25) is 0 Å². The Balaban J connectivity index is 2.23. The summed E-state index contributed by atoms with van der Waals surface area (Å²) in [7, 11) is 1.89. The lowest BCUT2D eigenvalue weighted by molar-refractivity contribution is -0.115. The highest BCUT2D eigenvalue weighted by Crippen LogP contribution is 2.19. The molecule has 0 bridgehead atoms. The van der Waals surface area contributed by atoms with Crippen molar-refractivity contribution >= 4 is 11.5 Å². The molecule has 0 atom stereocenters. The standard InChI is InChI=1S/C12H14N4O/c1-9(17)7-13-11-5-3-4-10(6-11)12-15-14-8-16(12)2/h3-6,8,13H,7H2,1-2H3. The van der Waals surface area contributed by atoms with Gasteiger partial charge in [0, 0.05) is 18.3 Å². The van der Waals surface area contributed by atoms with Crippen molar-refractivity contribution in [1.29, 1.82) is 0 Å². The Bertz CT molecular complexity index is 533. The minimum Gasteiger partial charge on any atom is -0.378 e. The van der Waals surface area contributed by atoms with Crippen molar-refractivity contribution < 1.29 is 4.79 Å². The van der Waals surface area contributed by atoms with Gasteiger partial charge in [0.25, 0.3) is 0 Å². The number of benzene rings is 1. The largest absolute Gasteiger partial charge is 0.378 e. The molecular weight excluding hydrogens is 216 g/mol. The third-order valence-corrected chi connectivity index (χ3v) is 2.37. The topological polar surface area (TPSA) is 59.8 Å². The van der Waals surface area contributed by atoms with Gasteiger partial charge in [-0.05, 0) is 19.1 Å². The van der Waals surface area contributed by atoms with Gasteiger partial charge in [-0.1, -0.05) is 12.1 Å². The summed E-state index contributed by atoms with van der Waals surface area (Å²) in [5.41, 5.74) is 1.87. The van der Waals surface area contributed by atoms with Crippen LogP contribution in [0.2, 0.25) is 0 Å². The monoisotopic (exact) mass is 230 g/mol. The van der Waals surface area contributed by atoms with Gasteiger partial charge in [-0.25, -0.2) is 0 Å². The van der Waals surface area contributed by atoms with Crippen LogP contribution in [-0.4, -0.2) is 27.1 Å². The van der Waals surface area contributed by atoms with Gasteiger partial charge in [0.05, 0.1) is 6.54 Å². The summed E-state index contributed by atoms with van der Waals surface area (Å²) < 4.78 is 1.85. The molecule has 2 aromatic rings. The highest BCUT2D eigenvalue weighted by Gasteiger charge is 2.05. The number of carbonyl (C=O) groups is 1. The van der Waals surface area contributed by atoms with Crippen LogP contribution in [-0.2, 0) is 11.8 Å². The third kappa shape index (κ3) is 2.69. The van der Waals surface area contributed by atoms with Crippen LogP contribution in [0.3, 0.4) is 0 Å². The number of carbonyl (C=O) groups excluding carboxylic acids is 1. The van der Waals surface area contributed by atoms with Crippen LogP contribution in [0.1, 0.15) is 6.92 Å². The lowest BCUT2D eigenvalue weighted by Crippen LogP contribution is -2.09. The van der Waals surface area contributed by atoms with Crippen LogP contribution in [0.4, 0.5) is 5.69 Å². The van der Waals surface area contributed by atoms with Gasteiger partial charge >= 0.3 is 0 Å². The van der Waals surface area contributed by atoms with Crippen molar-refractivity contribution in [2.24, 2.45) is 7.05 Å². The molecule has 1 N–H and O–H groups in total. The van der Waals surface area contributed by atoms with Gasteiger partial charge in [-0.2, -0.15) is 0 Å². The number of hydrogen-bond acceptors (Lipinski definition) is 4. The molecule has 0 saturated heterocycles. The highest BCUT2D eigenvalue weighted by molar-refractivity contribution is 5.80. The van der Waals surface area contributed by atoms with E-state index >= 15 is 0 Å². The van der Waals surface area contributed by atoms with Crippen molar-refractivity contribution in [3.8, 4) is 11.4 Å². The average Bonchev–Trinajstić information content (AvgIpc) is 2.73. The number of anilines is 1. The van der Waals surface area contributed by atoms with Gasteiger partial charge in [0.15, 0.2) is 5.82 Å². The van der Waals surface area contributed by atoms with Gasteiger partial charge in [-0.3, -0.25) is 4.79 Å². The Hall–Kier alpha value is -2.17. The zero-order valence-electron chi connectivity index (χ0n) is 9.84. The first-order valence-electron chi connectivity index (χ1n) is 5.34. The molecule has 5 heteroatoms. The first-order chi connectivity index (χ1) is 8.16. The molecule has 1 aromatic carbocycles. The second kappa shape index (κ2) is 4.78. The third-order valence-electron chi connectivity index (χ3n) is 2.37. The van der Waals surface area contributed by atoms with E-state index in [0.717, 1.165) is 17.1 Å². The quantitative estimate of drug-likeness (QED) is 0.864. The molecule has 2 rings (SSSR count). The van der Waals surface area contributed by atoms with Crippen molar-refractivity contribution in [2.45, 2.75) is 6.92 Å². The molecule has 0 radical (unpaired) electrons. The Labute approximate surface area is 99.5 Å². The minimum atomic E-state index is 0.106. The molecule has 0 saturated carbocycles. The van der Waals surface area contributed by atoms with Crippen LogP contribution in [0.5, 0.6) is 0 Å². The number of aryl methyl sites for hydroxylation is 1. The van der Waals surface area contributed by atoms with Crippen LogP contribution in [0.25, 0.3) is 11.4 Å². The van der Waals surface area contributed by atoms with Crippen LogP contribution in [0.15, 0.2) is 30.6 Å². The number of hydrogen-bond donors (Lipinski definition) is 1. The van der Waals surface area contributed by atoms with Crippen molar-refractivity contribution in [3.63, 3.8) is 0 Å². The fourth-order valence-electron chi connectivity index (χ4n) is 1.54. The molecule has 0 fully saturated rings. The van der Waals surface area contributed by atoms with E-state index in [2.05, 4.69) is 15.5 Å². The summed E-state index contributed by atoms with van der Waals surface area (Å²) in [5, 5.41) is 10.9. The smallest absolute Gasteiger partial charge is 0.163 e. The molecule has 0 aliphatic carbocycles. The van der Waals surface area contributed by atoms with Crippen molar-refractivity contribution in [2.75, 3.05) is 11.9 Å². The van der Waals surface area contributed by atoms with Gasteiger partial charge < -0.3 is 9.88 Å². The molecule has 0 aliphatic rings. The molecule has 0 aliphatic heterocycles. The summed E-state index contributed by atoms with van der Waals surface area (Å²) in [5.74, 6) is 0.908. The van der Waals surface area contributed by atoms with E-state index in [4.69, 9.17) is 0 Å². The SMILES string of the molecule is CC(=O)CNc1cccc(-c2nncn2C)c1. The van der Waals surface area contributed by atoms with E-state index in [9.17, 15) is 4.79 Å². The molecule has 17 heavy (non-hydrogen) atoms. The van der Waals surface area contributed by atoms with Gasteiger partial charge in [-0.15, -0.1) is 10.2 Å². The molecule has 0 amide bonds. The Kier molecular flexibility index (Phi) is 3.18. The maximum absolute atomic E-state index is 10.9. The molecular formula is C12H14N4O. The van der Waals surface area contributed by atoms with Crippen LogP contribution < -0.4 is 5.32 Å². The normalized spacial score (nSPS) is 10.2. The van der Waals surface area contributed by atoms with E-state index in [-0.39, 0.29) is 5.78 Å². The number of Topliss-reactive ketones (excluding diaryl/α,β-unsaturated/α-hetero) is 1. The van der Waals surface area contributed by atoms with Crippen LogP contribution in [0, 0.1) is 0 Å². The van der Waals surface area contributed by atoms with E-state index in [0.29, 0.717) is 6.54 Å². The average molecular weight is 230 g/mol. The predicted octanol–water partition coefficient (Wildman–Crippen LogP) is 1.48. The van der Waals surface area contributed by atoms with Gasteiger partial charge in [0.1, 0.15) is 12.1 Å². The number of nitrogens with zero attached hydrogens (tertiary/aromatic N) is 3. The predicted molar refractivity (Wildman–Crippen MR) is 65.6 cm³/mol. The Morgan fingerprint density at radius 1 is 1.47 bits per heavy atom. The first-order valence-corrected chi connectivity index (χ1v) is 5.34. The molecule has 1 heterocycles. The van der Waals surface area contributed by atoms with Crippen LogP contribution >= 0.6 is 0 Å². The Morgan fingerprint density at radius 2 is 2.29 bits per heavy atom. The van der Waals surface area contributed by atoms with E-state index in [1.807, 2.05) is 35.9 Å². The molecule has 5 nitrogen and oxygen atoms in total. The minimum absolute atomic E-state index is 0.106. The number of ketones is 1. The zero-order chi connectivity index (χ0) is 12.3. The molecule has 0 unspecified atom stereocenters. The zero-order valence-corrected chi connectivity index (χ0v) is 9.84. The summed E-state index contributed by atoms with van der Waals surface area (Å²) in [6, 6.07) is 7.76. The summed E-state index contributed by atoms with van der Waals surface area (Å²) in [4.78, 5) is 10.9. The lowest BCUT2D eigenvalue weighted by Gasteiger charge is -2.06. The Morgan fingerprint density at radius 3 is 2.94 bits per heavy atom. The highest BCUT2D eigenvalue weighted by atomic mass is 16.1. The number of aromatic nitrogens is 3. The first kappa shape index (κ1) is 11.3. The maximum atomic E-state index is 10.9. The van der Waals surface area contributed by atoms with E-state index in [1.54, 1.807) is 13.3 Å². The van der Waals surface area contributed by atoms with E-state index < -0.39 is 0 Å². The molecule has 88 valence electrons. The van der Waals surface area contributed by atoms with Crippen molar-refractivity contribution in [1.82, 2.24) is 14.8 Å². The van der Waals surface area contributed by atoms with E-state index in [1.165, 1.54) is 0 Å². The maximum Gasteiger partial charge on any atom is 0.163 e. The summed E-state index contributed by atoms with van der Waals surface area (Å²) >= 11 is 0. The second-order valence-electron chi connectivity index (χ2n) is 3.90.